The van der Waals surface area contributed by atoms with Crippen LogP contribution < -0.4 is 11.2 Å². The molecule has 0 saturated heterocycles. The number of nitrogens with one attached hydrogen (secondary N) is 2. The zero-order valence-electron chi connectivity index (χ0n) is 10.5. The van der Waals surface area contributed by atoms with E-state index in [0.29, 0.717) is 17.2 Å². The van der Waals surface area contributed by atoms with Crippen molar-refractivity contribution in [3.05, 3.63) is 38.7 Å². The Labute approximate surface area is 106 Å². The molecule has 7 heteroatoms. The van der Waals surface area contributed by atoms with Crippen LogP contribution in [-0.4, -0.2) is 19.5 Å². The molecule has 0 saturated carbocycles. The average Bonchev–Trinajstić information content (AvgIpc) is 3.02. The fourth-order valence-electron chi connectivity index (χ4n) is 1.92. The van der Waals surface area contributed by atoms with Crippen molar-refractivity contribution in [3.8, 4) is 11.6 Å². The number of furan rings is 1. The summed E-state index contributed by atoms with van der Waals surface area (Å²) in [5.41, 5.74) is -0.423. The number of aromatic amines is 2. The Morgan fingerprint density at radius 1 is 1.32 bits per heavy atom. The van der Waals surface area contributed by atoms with Crippen molar-refractivity contribution in [2.75, 3.05) is 0 Å². The van der Waals surface area contributed by atoms with Crippen LogP contribution in [0.2, 0.25) is 0 Å². The van der Waals surface area contributed by atoms with E-state index >= 15 is 0 Å². The molecule has 0 aliphatic rings. The van der Waals surface area contributed by atoms with Crippen molar-refractivity contribution in [2.45, 2.75) is 13.3 Å². The molecule has 0 atom stereocenters. The second-order valence-electron chi connectivity index (χ2n) is 4.22. The van der Waals surface area contributed by atoms with Crippen molar-refractivity contribution >= 4 is 11.2 Å². The van der Waals surface area contributed by atoms with E-state index in [9.17, 15) is 9.59 Å². The molecule has 3 heterocycles. The summed E-state index contributed by atoms with van der Waals surface area (Å²) >= 11 is 0. The van der Waals surface area contributed by atoms with Crippen LogP contribution in [0, 0.1) is 0 Å². The Bertz CT molecular complexity index is 865. The zero-order chi connectivity index (χ0) is 13.6. The van der Waals surface area contributed by atoms with E-state index in [4.69, 9.17) is 4.42 Å². The summed E-state index contributed by atoms with van der Waals surface area (Å²) in [6.45, 7) is 1.98. The van der Waals surface area contributed by atoms with Gasteiger partial charge >= 0.3 is 5.69 Å². The molecule has 0 aliphatic heterocycles. The minimum atomic E-state index is -0.496. The van der Waals surface area contributed by atoms with Gasteiger partial charge in [-0.3, -0.25) is 14.3 Å². The number of fused-ring (bicyclic) bond motifs is 1. The lowest BCUT2D eigenvalue weighted by atomic mass is 10.3. The summed E-state index contributed by atoms with van der Waals surface area (Å²) in [5.74, 6) is 1.81. The fourth-order valence-corrected chi connectivity index (χ4v) is 1.92. The topological polar surface area (TPSA) is 96.7 Å². The third kappa shape index (κ3) is 1.70. The van der Waals surface area contributed by atoms with Gasteiger partial charge in [0.15, 0.2) is 17.2 Å². The lowest BCUT2D eigenvalue weighted by Gasteiger charge is -1.94. The number of hydrogen-bond donors (Lipinski definition) is 2. The lowest BCUT2D eigenvalue weighted by molar-refractivity contribution is 0.526. The van der Waals surface area contributed by atoms with Crippen molar-refractivity contribution in [1.82, 2.24) is 19.5 Å². The molecule has 3 rings (SSSR count). The first-order valence-electron chi connectivity index (χ1n) is 5.88. The Morgan fingerprint density at radius 2 is 2.11 bits per heavy atom. The van der Waals surface area contributed by atoms with E-state index in [1.165, 1.54) is 4.57 Å². The molecule has 0 spiro atoms. The molecule has 3 aromatic heterocycles. The highest BCUT2D eigenvalue weighted by Gasteiger charge is 2.14. The highest BCUT2D eigenvalue weighted by Crippen LogP contribution is 2.20. The van der Waals surface area contributed by atoms with Crippen LogP contribution in [0.25, 0.3) is 22.7 Å². The monoisotopic (exact) mass is 260 g/mol. The van der Waals surface area contributed by atoms with E-state index in [2.05, 4.69) is 15.0 Å². The maximum Gasteiger partial charge on any atom is 0.329 e. The minimum absolute atomic E-state index is 0.256. The lowest BCUT2D eigenvalue weighted by Crippen LogP contribution is -2.28. The van der Waals surface area contributed by atoms with Gasteiger partial charge in [-0.2, -0.15) is 0 Å². The van der Waals surface area contributed by atoms with Gasteiger partial charge in [-0.25, -0.2) is 9.78 Å². The van der Waals surface area contributed by atoms with Crippen molar-refractivity contribution in [1.29, 1.82) is 0 Å². The standard InChI is InChI=1S/C12H12N4O3/c1-3-6-4-5-7(19-6)9-13-8-10(14-9)16(2)12(18)15-11(8)17/h4-5H,3H2,1-2H3,(H,13,14)(H,15,17,18). The van der Waals surface area contributed by atoms with Gasteiger partial charge in [0.2, 0.25) is 0 Å². The summed E-state index contributed by atoms with van der Waals surface area (Å²) in [4.78, 5) is 32.5. The summed E-state index contributed by atoms with van der Waals surface area (Å²) in [5, 5.41) is 0. The van der Waals surface area contributed by atoms with Crippen molar-refractivity contribution in [2.24, 2.45) is 7.05 Å². The summed E-state index contributed by atoms with van der Waals surface area (Å²) in [7, 11) is 1.55. The molecular formula is C12H12N4O3. The molecule has 2 N–H and O–H groups in total. The molecule has 98 valence electrons. The summed E-state index contributed by atoms with van der Waals surface area (Å²) in [6, 6.07) is 3.63. The van der Waals surface area contributed by atoms with Gasteiger partial charge in [-0.05, 0) is 12.1 Å². The SMILES string of the molecule is CCc1ccc(-c2nc3c([nH]2)c(=O)[nH]c(=O)n3C)o1. The van der Waals surface area contributed by atoms with Crippen LogP contribution in [-0.2, 0) is 13.5 Å². The molecule has 7 nitrogen and oxygen atoms in total. The zero-order valence-corrected chi connectivity index (χ0v) is 10.5. The van der Waals surface area contributed by atoms with Gasteiger partial charge in [-0.1, -0.05) is 6.92 Å². The average molecular weight is 260 g/mol. The number of nitrogens with zero attached hydrogens (tertiary/aromatic N) is 2. The molecule has 3 aromatic rings. The van der Waals surface area contributed by atoms with Crippen LogP contribution in [0.3, 0.4) is 0 Å². The van der Waals surface area contributed by atoms with Crippen molar-refractivity contribution < 1.29 is 4.42 Å². The molecule has 0 radical (unpaired) electrons. The first-order chi connectivity index (χ1) is 9.10. The van der Waals surface area contributed by atoms with E-state index < -0.39 is 11.2 Å². The summed E-state index contributed by atoms with van der Waals surface area (Å²) in [6.07, 6.45) is 0.777. The highest BCUT2D eigenvalue weighted by atomic mass is 16.3. The molecule has 0 fully saturated rings. The Hall–Kier alpha value is -2.57. The smallest absolute Gasteiger partial charge is 0.329 e. The van der Waals surface area contributed by atoms with Gasteiger partial charge in [0.05, 0.1) is 0 Å². The Balaban J connectivity index is 2.27. The maximum atomic E-state index is 11.7. The van der Waals surface area contributed by atoms with Crippen LogP contribution >= 0.6 is 0 Å². The second kappa shape index (κ2) is 3.98. The number of aryl methyl sites for hydroxylation is 2. The second-order valence-corrected chi connectivity index (χ2v) is 4.22. The molecule has 0 bridgehead atoms. The predicted molar refractivity (Wildman–Crippen MR) is 69.0 cm³/mol. The first-order valence-corrected chi connectivity index (χ1v) is 5.88. The van der Waals surface area contributed by atoms with Gasteiger partial charge in [0, 0.05) is 13.5 Å². The minimum Gasteiger partial charge on any atom is -0.458 e. The third-order valence-electron chi connectivity index (χ3n) is 3.00. The van der Waals surface area contributed by atoms with E-state index in [0.717, 1.165) is 12.2 Å². The largest absolute Gasteiger partial charge is 0.458 e. The molecule has 19 heavy (non-hydrogen) atoms. The van der Waals surface area contributed by atoms with E-state index in [1.54, 1.807) is 13.1 Å². The predicted octanol–water partition coefficient (Wildman–Crippen LogP) is 0.772. The number of rotatable bonds is 2. The quantitative estimate of drug-likeness (QED) is 0.711. The molecular weight excluding hydrogens is 248 g/mol. The summed E-state index contributed by atoms with van der Waals surface area (Å²) < 4.78 is 6.84. The Morgan fingerprint density at radius 3 is 2.79 bits per heavy atom. The van der Waals surface area contributed by atoms with Gasteiger partial charge < -0.3 is 9.40 Å². The Kier molecular flexibility index (Phi) is 2.41. The molecule has 0 aromatic carbocycles. The van der Waals surface area contributed by atoms with E-state index in [1.807, 2.05) is 13.0 Å². The highest BCUT2D eigenvalue weighted by molar-refractivity contribution is 5.74. The third-order valence-corrected chi connectivity index (χ3v) is 3.00. The number of imidazole rings is 1. The van der Waals surface area contributed by atoms with Gasteiger partial charge in [0.1, 0.15) is 11.3 Å². The van der Waals surface area contributed by atoms with Gasteiger partial charge in [0.25, 0.3) is 5.56 Å². The molecule has 0 amide bonds. The number of aromatic nitrogens is 4. The maximum absolute atomic E-state index is 11.7. The normalized spacial score (nSPS) is 11.3. The number of H-pyrrole nitrogens is 2. The number of hydrogen-bond acceptors (Lipinski definition) is 4. The molecule has 0 aliphatic carbocycles. The van der Waals surface area contributed by atoms with Crippen LogP contribution in [0.1, 0.15) is 12.7 Å². The van der Waals surface area contributed by atoms with Gasteiger partial charge in [-0.15, -0.1) is 0 Å². The van der Waals surface area contributed by atoms with Crippen LogP contribution in [0.15, 0.2) is 26.1 Å². The van der Waals surface area contributed by atoms with Crippen LogP contribution in [0.4, 0.5) is 0 Å². The first kappa shape index (κ1) is 11.5. The molecule has 0 unspecified atom stereocenters. The van der Waals surface area contributed by atoms with Crippen LogP contribution in [0.5, 0.6) is 0 Å². The van der Waals surface area contributed by atoms with Crippen molar-refractivity contribution in [3.63, 3.8) is 0 Å². The van der Waals surface area contributed by atoms with E-state index in [-0.39, 0.29) is 5.52 Å². The fraction of sp³-hybridized carbons (Fsp3) is 0.250.